The van der Waals surface area contributed by atoms with Crippen LogP contribution in [0.1, 0.15) is 0 Å². The first-order valence-corrected chi connectivity index (χ1v) is 3.98. The zero-order valence-corrected chi connectivity index (χ0v) is 6.98. The molecule has 0 fully saturated rings. The van der Waals surface area contributed by atoms with Crippen LogP contribution in [0.4, 0.5) is 5.69 Å². The fourth-order valence-electron chi connectivity index (χ4n) is 0.714. The summed E-state index contributed by atoms with van der Waals surface area (Å²) in [5.74, 6) is 0.130. The van der Waals surface area contributed by atoms with Crippen LogP contribution in [-0.4, -0.2) is 12.2 Å². The molecule has 0 aliphatic rings. The van der Waals surface area contributed by atoms with Gasteiger partial charge in [0.05, 0.1) is 5.69 Å². The van der Waals surface area contributed by atoms with E-state index >= 15 is 0 Å². The Hall–Kier alpha value is -0.870. The van der Waals surface area contributed by atoms with Gasteiger partial charge in [-0.2, -0.15) is 0 Å². The van der Waals surface area contributed by atoms with Gasteiger partial charge in [0.1, 0.15) is 5.75 Å². The molecule has 0 aliphatic heterocycles. The van der Waals surface area contributed by atoms with Crippen LogP contribution >= 0.6 is 11.9 Å². The van der Waals surface area contributed by atoms with E-state index in [0.717, 1.165) is 4.90 Å². The van der Waals surface area contributed by atoms with Crippen LogP contribution in [0.5, 0.6) is 5.75 Å². The highest BCUT2D eigenvalue weighted by molar-refractivity contribution is 7.97. The van der Waals surface area contributed by atoms with Gasteiger partial charge < -0.3 is 10.8 Å². The van der Waals surface area contributed by atoms with E-state index in [0.29, 0.717) is 5.69 Å². The van der Waals surface area contributed by atoms with Crippen molar-refractivity contribution < 1.29 is 5.11 Å². The van der Waals surface area contributed by atoms with Gasteiger partial charge in [0, 0.05) is 4.90 Å². The number of nitrogens with one attached hydrogen (secondary N) is 1. The zero-order chi connectivity index (χ0) is 8.27. The lowest BCUT2D eigenvalue weighted by atomic mass is 10.3. The van der Waals surface area contributed by atoms with Crippen molar-refractivity contribution in [2.75, 3.05) is 12.8 Å². The molecule has 0 radical (unpaired) electrons. The van der Waals surface area contributed by atoms with Gasteiger partial charge >= 0.3 is 0 Å². The van der Waals surface area contributed by atoms with Crippen molar-refractivity contribution >= 4 is 17.6 Å². The minimum absolute atomic E-state index is 0.130. The second kappa shape index (κ2) is 3.50. The van der Waals surface area contributed by atoms with E-state index in [1.807, 2.05) is 7.05 Å². The van der Waals surface area contributed by atoms with E-state index in [1.54, 1.807) is 18.2 Å². The van der Waals surface area contributed by atoms with E-state index in [2.05, 4.69) is 4.72 Å². The smallest absolute Gasteiger partial charge is 0.138 e. The van der Waals surface area contributed by atoms with Crippen molar-refractivity contribution in [1.29, 1.82) is 0 Å². The quantitative estimate of drug-likeness (QED) is 0.354. The van der Waals surface area contributed by atoms with Gasteiger partial charge in [-0.25, -0.2) is 0 Å². The Morgan fingerprint density at radius 3 is 2.82 bits per heavy atom. The summed E-state index contributed by atoms with van der Waals surface area (Å²) in [5.41, 5.74) is 5.87. The van der Waals surface area contributed by atoms with Crippen LogP contribution in [0.2, 0.25) is 0 Å². The Kier molecular flexibility index (Phi) is 2.62. The van der Waals surface area contributed by atoms with Gasteiger partial charge in [0.25, 0.3) is 0 Å². The third kappa shape index (κ3) is 2.03. The number of hydrogen-bond donors (Lipinski definition) is 3. The molecule has 1 aromatic carbocycles. The molecule has 60 valence electrons. The predicted molar refractivity (Wildman–Crippen MR) is 47.4 cm³/mol. The molecule has 0 saturated carbocycles. The maximum Gasteiger partial charge on any atom is 0.138 e. The van der Waals surface area contributed by atoms with E-state index in [4.69, 9.17) is 10.8 Å². The number of benzene rings is 1. The number of hydrogen-bond acceptors (Lipinski definition) is 4. The number of phenols is 1. The molecule has 0 aliphatic carbocycles. The van der Waals surface area contributed by atoms with Crippen LogP contribution in [0, 0.1) is 0 Å². The first-order valence-electron chi connectivity index (χ1n) is 3.16. The maximum atomic E-state index is 9.06. The molecule has 0 aromatic heterocycles. The van der Waals surface area contributed by atoms with Gasteiger partial charge in [-0.15, -0.1) is 0 Å². The van der Waals surface area contributed by atoms with Crippen molar-refractivity contribution in [1.82, 2.24) is 4.72 Å². The Morgan fingerprint density at radius 2 is 2.27 bits per heavy atom. The largest absolute Gasteiger partial charge is 0.506 e. The van der Waals surface area contributed by atoms with Crippen molar-refractivity contribution in [3.8, 4) is 5.75 Å². The van der Waals surface area contributed by atoms with E-state index in [9.17, 15) is 0 Å². The Bertz CT molecular complexity index is 252. The first-order chi connectivity index (χ1) is 5.24. The number of nitrogens with two attached hydrogens (primary N) is 1. The Balaban J connectivity index is 2.86. The topological polar surface area (TPSA) is 58.3 Å². The van der Waals surface area contributed by atoms with E-state index in [-0.39, 0.29) is 5.75 Å². The van der Waals surface area contributed by atoms with Crippen LogP contribution in [-0.2, 0) is 0 Å². The molecule has 0 bridgehead atoms. The van der Waals surface area contributed by atoms with Crippen LogP contribution < -0.4 is 10.5 Å². The highest BCUT2D eigenvalue weighted by Gasteiger charge is 1.97. The number of nitrogen functional groups attached to an aromatic ring is 1. The van der Waals surface area contributed by atoms with Crippen LogP contribution in [0.3, 0.4) is 0 Å². The van der Waals surface area contributed by atoms with E-state index in [1.165, 1.54) is 11.9 Å². The standard InChI is InChI=1S/C7H10N2OS/c1-9-11-5-2-3-7(10)6(8)4-5/h2-4,9-10H,8H2,1H3. The SMILES string of the molecule is CNSc1ccc(O)c(N)c1. The van der Waals surface area contributed by atoms with E-state index < -0.39 is 0 Å². The molecular formula is C7H10N2OS. The fraction of sp³-hybridized carbons (Fsp3) is 0.143. The number of anilines is 1. The fourth-order valence-corrected chi connectivity index (χ4v) is 1.27. The van der Waals surface area contributed by atoms with Gasteiger partial charge in [-0.3, -0.25) is 4.72 Å². The van der Waals surface area contributed by atoms with Crippen molar-refractivity contribution in [2.45, 2.75) is 4.90 Å². The molecule has 0 atom stereocenters. The van der Waals surface area contributed by atoms with Crippen LogP contribution in [0.25, 0.3) is 0 Å². The zero-order valence-electron chi connectivity index (χ0n) is 6.16. The molecule has 4 heteroatoms. The van der Waals surface area contributed by atoms with Crippen molar-refractivity contribution in [3.63, 3.8) is 0 Å². The van der Waals surface area contributed by atoms with Crippen molar-refractivity contribution in [3.05, 3.63) is 18.2 Å². The lowest BCUT2D eigenvalue weighted by molar-refractivity contribution is 0.477. The van der Waals surface area contributed by atoms with Gasteiger partial charge in [0.2, 0.25) is 0 Å². The minimum Gasteiger partial charge on any atom is -0.506 e. The first kappa shape index (κ1) is 8.23. The maximum absolute atomic E-state index is 9.06. The molecule has 0 spiro atoms. The summed E-state index contributed by atoms with van der Waals surface area (Å²) in [6.45, 7) is 0. The van der Waals surface area contributed by atoms with Crippen LogP contribution in [0.15, 0.2) is 23.1 Å². The lowest BCUT2D eigenvalue weighted by Crippen LogP contribution is -1.92. The minimum atomic E-state index is 0.130. The third-order valence-corrected chi connectivity index (χ3v) is 1.91. The molecule has 1 aromatic rings. The summed E-state index contributed by atoms with van der Waals surface area (Å²) in [5, 5.41) is 9.06. The number of phenolic OH excluding ortho intramolecular Hbond substituents is 1. The second-order valence-electron chi connectivity index (χ2n) is 2.03. The molecule has 0 saturated heterocycles. The summed E-state index contributed by atoms with van der Waals surface area (Å²) >= 11 is 1.46. The number of rotatable bonds is 2. The summed E-state index contributed by atoms with van der Waals surface area (Å²) in [6.07, 6.45) is 0. The summed E-state index contributed by atoms with van der Waals surface area (Å²) < 4.78 is 2.91. The van der Waals surface area contributed by atoms with Crippen molar-refractivity contribution in [2.24, 2.45) is 0 Å². The Labute approximate surface area is 69.7 Å². The van der Waals surface area contributed by atoms with Gasteiger partial charge in [-0.05, 0) is 37.2 Å². The van der Waals surface area contributed by atoms with Gasteiger partial charge in [-0.1, -0.05) is 0 Å². The summed E-state index contributed by atoms with van der Waals surface area (Å²) in [6, 6.07) is 5.10. The Morgan fingerprint density at radius 1 is 1.55 bits per heavy atom. The average Bonchev–Trinajstić information content (AvgIpc) is 1.98. The molecule has 11 heavy (non-hydrogen) atoms. The average molecular weight is 170 g/mol. The molecular weight excluding hydrogens is 160 g/mol. The third-order valence-electron chi connectivity index (χ3n) is 1.22. The second-order valence-corrected chi connectivity index (χ2v) is 3.11. The molecule has 0 unspecified atom stereocenters. The normalized spacial score (nSPS) is 9.91. The molecule has 0 heterocycles. The molecule has 3 nitrogen and oxygen atoms in total. The highest BCUT2D eigenvalue weighted by atomic mass is 32.2. The molecule has 0 amide bonds. The number of aromatic hydroxyl groups is 1. The molecule has 4 N–H and O–H groups in total. The lowest BCUT2D eigenvalue weighted by Gasteiger charge is -2.01. The monoisotopic (exact) mass is 170 g/mol. The predicted octanol–water partition coefficient (Wildman–Crippen LogP) is 1.20. The summed E-state index contributed by atoms with van der Waals surface area (Å²) in [4.78, 5) is 0.989. The highest BCUT2D eigenvalue weighted by Crippen LogP contribution is 2.24. The van der Waals surface area contributed by atoms with Gasteiger partial charge in [0.15, 0.2) is 0 Å². The summed E-state index contributed by atoms with van der Waals surface area (Å²) in [7, 11) is 1.83. The molecule has 1 rings (SSSR count).